The van der Waals surface area contributed by atoms with Crippen LogP contribution < -0.4 is 5.32 Å². The molecule has 0 radical (unpaired) electrons. The van der Waals surface area contributed by atoms with Gasteiger partial charge < -0.3 is 14.5 Å². The number of rotatable bonds is 5. The normalized spacial score (nSPS) is 16.2. The van der Waals surface area contributed by atoms with Crippen LogP contribution in [-0.4, -0.2) is 24.0 Å². The van der Waals surface area contributed by atoms with Crippen molar-refractivity contribution in [2.45, 2.75) is 31.2 Å². The van der Waals surface area contributed by atoms with Crippen molar-refractivity contribution in [3.05, 3.63) is 29.7 Å². The first-order chi connectivity index (χ1) is 11.1. The van der Waals surface area contributed by atoms with Crippen molar-refractivity contribution in [3.8, 4) is 12.1 Å². The second-order valence-electron chi connectivity index (χ2n) is 5.21. The van der Waals surface area contributed by atoms with E-state index in [4.69, 9.17) is 14.4 Å². The third-order valence-electron chi connectivity index (χ3n) is 3.55. The Balaban J connectivity index is 1.90. The van der Waals surface area contributed by atoms with Crippen molar-refractivity contribution in [2.75, 3.05) is 6.61 Å². The zero-order valence-corrected chi connectivity index (χ0v) is 12.4. The first-order valence-corrected chi connectivity index (χ1v) is 7.13. The van der Waals surface area contributed by atoms with Gasteiger partial charge in [-0.1, -0.05) is 0 Å². The van der Waals surface area contributed by atoms with Gasteiger partial charge in [0.2, 0.25) is 0 Å². The Morgan fingerprint density at radius 1 is 1.39 bits per heavy atom. The summed E-state index contributed by atoms with van der Waals surface area (Å²) < 4.78 is 9.82. The molecule has 2 rings (SSSR count). The Hall–Kier alpha value is -3.06. The van der Waals surface area contributed by atoms with Crippen molar-refractivity contribution in [1.82, 2.24) is 5.32 Å². The number of amides is 1. The minimum atomic E-state index is -0.920. The molecule has 1 aromatic rings. The highest BCUT2D eigenvalue weighted by atomic mass is 16.5. The van der Waals surface area contributed by atoms with Gasteiger partial charge in [0.1, 0.15) is 22.9 Å². The molecule has 0 unspecified atom stereocenters. The molecular formula is C16H15N3O4. The van der Waals surface area contributed by atoms with E-state index in [9.17, 15) is 14.9 Å². The Bertz CT molecular complexity index is 686. The first kappa shape index (κ1) is 16.3. The van der Waals surface area contributed by atoms with Crippen LogP contribution in [0, 0.1) is 22.7 Å². The second kappa shape index (κ2) is 7.28. The molecule has 0 saturated heterocycles. The van der Waals surface area contributed by atoms with E-state index in [2.05, 4.69) is 11.4 Å². The van der Waals surface area contributed by atoms with Crippen molar-refractivity contribution < 1.29 is 18.7 Å². The summed E-state index contributed by atoms with van der Waals surface area (Å²) in [5.74, 6) is -1.15. The molecule has 1 saturated carbocycles. The molecule has 1 aliphatic carbocycles. The van der Waals surface area contributed by atoms with E-state index in [0.29, 0.717) is 18.6 Å². The molecule has 1 heterocycles. The molecule has 0 spiro atoms. The largest absolute Gasteiger partial charge is 0.465 e. The van der Waals surface area contributed by atoms with Crippen LogP contribution in [0.2, 0.25) is 0 Å². The van der Waals surface area contributed by atoms with Gasteiger partial charge in [0.25, 0.3) is 5.91 Å². The lowest BCUT2D eigenvalue weighted by molar-refractivity contribution is -0.144. The minimum absolute atomic E-state index is 0.274. The van der Waals surface area contributed by atoms with E-state index in [1.807, 2.05) is 0 Å². The van der Waals surface area contributed by atoms with Gasteiger partial charge in [-0.3, -0.25) is 4.79 Å². The molecule has 118 valence electrons. The number of hydrogen-bond donors (Lipinski definition) is 1. The number of carbonyl (C=O) groups excluding carboxylic acids is 2. The summed E-state index contributed by atoms with van der Waals surface area (Å²) in [6.07, 6.45) is 5.56. The Morgan fingerprint density at radius 2 is 2.13 bits per heavy atom. The summed E-state index contributed by atoms with van der Waals surface area (Å²) in [5.41, 5.74) is -1.14. The van der Waals surface area contributed by atoms with Gasteiger partial charge in [-0.05, 0) is 37.8 Å². The van der Waals surface area contributed by atoms with Crippen LogP contribution in [0.4, 0.5) is 0 Å². The fourth-order valence-corrected chi connectivity index (χ4v) is 2.41. The van der Waals surface area contributed by atoms with E-state index in [1.165, 1.54) is 12.3 Å². The van der Waals surface area contributed by atoms with E-state index >= 15 is 0 Å². The molecule has 1 N–H and O–H groups in total. The molecule has 0 bridgehead atoms. The summed E-state index contributed by atoms with van der Waals surface area (Å²) in [4.78, 5) is 23.6. The topological polar surface area (TPSA) is 116 Å². The summed E-state index contributed by atoms with van der Waals surface area (Å²) in [5, 5.41) is 20.7. The molecule has 1 fully saturated rings. The second-order valence-corrected chi connectivity index (χ2v) is 5.21. The summed E-state index contributed by atoms with van der Waals surface area (Å²) in [6, 6.07) is 7.00. The zero-order valence-electron chi connectivity index (χ0n) is 12.4. The quantitative estimate of drug-likeness (QED) is 0.502. The van der Waals surface area contributed by atoms with Gasteiger partial charge in [-0.15, -0.1) is 0 Å². The van der Waals surface area contributed by atoms with Crippen LogP contribution in [0.3, 0.4) is 0 Å². The summed E-state index contributed by atoms with van der Waals surface area (Å²) >= 11 is 0. The predicted octanol–water partition coefficient (Wildman–Crippen LogP) is 1.68. The highest BCUT2D eigenvalue weighted by Gasteiger charge is 2.35. The minimum Gasteiger partial charge on any atom is -0.465 e. The van der Waals surface area contributed by atoms with Gasteiger partial charge in [0.15, 0.2) is 6.61 Å². The monoisotopic (exact) mass is 313 g/mol. The SMILES string of the molecule is N#C/C(=C\c1ccco1)C(=O)OCC(=O)NC1(C#N)CCCC1. The number of hydrogen-bond acceptors (Lipinski definition) is 6. The number of esters is 1. The zero-order chi connectivity index (χ0) is 16.7. The number of ether oxygens (including phenoxy) is 1. The van der Waals surface area contributed by atoms with Crippen LogP contribution in [0.1, 0.15) is 31.4 Å². The fourth-order valence-electron chi connectivity index (χ4n) is 2.41. The van der Waals surface area contributed by atoms with Gasteiger partial charge in [0.05, 0.1) is 12.3 Å². The van der Waals surface area contributed by atoms with Gasteiger partial charge in [0, 0.05) is 6.08 Å². The Labute approximate surface area is 133 Å². The van der Waals surface area contributed by atoms with E-state index in [-0.39, 0.29) is 5.57 Å². The van der Waals surface area contributed by atoms with Gasteiger partial charge >= 0.3 is 5.97 Å². The molecular weight excluding hydrogens is 298 g/mol. The lowest BCUT2D eigenvalue weighted by Gasteiger charge is -2.21. The van der Waals surface area contributed by atoms with Crippen LogP contribution in [0.15, 0.2) is 28.4 Å². The van der Waals surface area contributed by atoms with Crippen molar-refractivity contribution in [1.29, 1.82) is 10.5 Å². The van der Waals surface area contributed by atoms with Gasteiger partial charge in [-0.25, -0.2) is 4.79 Å². The molecule has 0 aliphatic heterocycles. The Morgan fingerprint density at radius 3 is 2.70 bits per heavy atom. The van der Waals surface area contributed by atoms with Crippen LogP contribution in [0.25, 0.3) is 6.08 Å². The maximum absolute atomic E-state index is 11.8. The van der Waals surface area contributed by atoms with E-state index in [1.54, 1.807) is 18.2 Å². The smallest absolute Gasteiger partial charge is 0.349 e. The molecule has 0 aromatic carbocycles. The standard InChI is InChI=1S/C16H15N3O4/c17-9-12(8-13-4-3-7-22-13)15(21)23-10-14(20)19-16(11-18)5-1-2-6-16/h3-4,7-8H,1-2,5-6,10H2,(H,19,20)/b12-8+. The average Bonchev–Trinajstić information content (AvgIpc) is 3.22. The number of furan rings is 1. The number of nitrogens with zero attached hydrogens (tertiary/aromatic N) is 2. The summed E-state index contributed by atoms with van der Waals surface area (Å²) in [6.45, 7) is -0.542. The highest BCUT2D eigenvalue weighted by Crippen LogP contribution is 2.28. The Kier molecular flexibility index (Phi) is 5.16. The van der Waals surface area contributed by atoms with Crippen molar-refractivity contribution in [2.24, 2.45) is 0 Å². The first-order valence-electron chi connectivity index (χ1n) is 7.13. The van der Waals surface area contributed by atoms with Crippen molar-refractivity contribution >= 4 is 18.0 Å². The lowest BCUT2D eigenvalue weighted by atomic mass is 10.00. The average molecular weight is 313 g/mol. The maximum Gasteiger partial charge on any atom is 0.349 e. The molecule has 1 aromatic heterocycles. The van der Waals surface area contributed by atoms with E-state index < -0.39 is 24.0 Å². The van der Waals surface area contributed by atoms with Crippen molar-refractivity contribution in [3.63, 3.8) is 0 Å². The molecule has 1 amide bonds. The molecule has 7 nitrogen and oxygen atoms in total. The van der Waals surface area contributed by atoms with Crippen LogP contribution in [0.5, 0.6) is 0 Å². The van der Waals surface area contributed by atoms with Crippen LogP contribution >= 0.6 is 0 Å². The van der Waals surface area contributed by atoms with Gasteiger partial charge in [-0.2, -0.15) is 10.5 Å². The molecule has 0 atom stereocenters. The lowest BCUT2D eigenvalue weighted by Crippen LogP contribution is -2.46. The molecule has 1 aliphatic rings. The number of carbonyl (C=O) groups is 2. The highest BCUT2D eigenvalue weighted by molar-refractivity contribution is 5.98. The fraction of sp³-hybridized carbons (Fsp3) is 0.375. The maximum atomic E-state index is 11.8. The van der Waals surface area contributed by atoms with E-state index in [0.717, 1.165) is 12.8 Å². The molecule has 23 heavy (non-hydrogen) atoms. The number of nitriles is 2. The predicted molar refractivity (Wildman–Crippen MR) is 78.2 cm³/mol. The van der Waals surface area contributed by atoms with Crippen LogP contribution in [-0.2, 0) is 14.3 Å². The summed E-state index contributed by atoms with van der Waals surface area (Å²) in [7, 11) is 0. The third-order valence-corrected chi connectivity index (χ3v) is 3.55. The third kappa shape index (κ3) is 4.21. The molecule has 7 heteroatoms. The number of nitrogens with one attached hydrogen (secondary N) is 1.